The van der Waals surface area contributed by atoms with Gasteiger partial charge < -0.3 is 10.1 Å². The van der Waals surface area contributed by atoms with Crippen LogP contribution >= 0.6 is 0 Å². The molecule has 0 spiro atoms. The van der Waals surface area contributed by atoms with E-state index >= 15 is 0 Å². The molecule has 1 aromatic rings. The van der Waals surface area contributed by atoms with Gasteiger partial charge in [-0.05, 0) is 53.5 Å². The standard InChI is InChI=1S/C17H25NO/c1-17(2,3)13-9-12-6-8-19-11-15(12)14(10-13)16-5-4-7-18-16/h9-10,16,18H,4-8,11H2,1-3H3/t16-/m1/s1. The minimum Gasteiger partial charge on any atom is -0.376 e. The van der Waals surface area contributed by atoms with Crippen LogP contribution in [-0.4, -0.2) is 13.2 Å². The van der Waals surface area contributed by atoms with Gasteiger partial charge in [0, 0.05) is 6.04 Å². The Morgan fingerprint density at radius 1 is 1.26 bits per heavy atom. The second kappa shape index (κ2) is 4.92. The molecule has 104 valence electrons. The molecular weight excluding hydrogens is 234 g/mol. The van der Waals surface area contributed by atoms with Gasteiger partial charge in [0.05, 0.1) is 13.2 Å². The summed E-state index contributed by atoms with van der Waals surface area (Å²) in [5, 5.41) is 3.65. The van der Waals surface area contributed by atoms with Crippen molar-refractivity contribution in [3.05, 3.63) is 34.4 Å². The van der Waals surface area contributed by atoms with Crippen molar-refractivity contribution in [2.75, 3.05) is 13.2 Å². The average molecular weight is 259 g/mol. The summed E-state index contributed by atoms with van der Waals surface area (Å²) in [6.45, 7) is 9.74. The molecule has 1 saturated heterocycles. The highest BCUT2D eigenvalue weighted by atomic mass is 16.5. The van der Waals surface area contributed by atoms with Crippen LogP contribution in [0.2, 0.25) is 0 Å². The van der Waals surface area contributed by atoms with Gasteiger partial charge in [0.15, 0.2) is 0 Å². The highest BCUT2D eigenvalue weighted by Crippen LogP contribution is 2.35. The van der Waals surface area contributed by atoms with E-state index in [4.69, 9.17) is 4.74 Å². The smallest absolute Gasteiger partial charge is 0.0722 e. The summed E-state index contributed by atoms with van der Waals surface area (Å²) in [5.74, 6) is 0. The van der Waals surface area contributed by atoms with Gasteiger partial charge in [-0.2, -0.15) is 0 Å². The summed E-state index contributed by atoms with van der Waals surface area (Å²) in [6.07, 6.45) is 3.62. The molecule has 1 aromatic carbocycles. The number of hydrogen-bond acceptors (Lipinski definition) is 2. The number of hydrogen-bond donors (Lipinski definition) is 1. The first-order valence-electron chi connectivity index (χ1n) is 7.53. The van der Waals surface area contributed by atoms with Gasteiger partial charge >= 0.3 is 0 Å². The van der Waals surface area contributed by atoms with E-state index in [0.717, 1.165) is 26.2 Å². The molecule has 1 N–H and O–H groups in total. The van der Waals surface area contributed by atoms with Gasteiger partial charge in [-0.25, -0.2) is 0 Å². The maximum Gasteiger partial charge on any atom is 0.0722 e. The number of benzene rings is 1. The van der Waals surface area contributed by atoms with E-state index in [2.05, 4.69) is 38.2 Å². The quantitative estimate of drug-likeness (QED) is 0.833. The molecule has 2 aliphatic rings. The van der Waals surface area contributed by atoms with Crippen LogP contribution in [0.1, 0.15) is 61.9 Å². The Balaban J connectivity index is 2.08. The van der Waals surface area contributed by atoms with Crippen molar-refractivity contribution < 1.29 is 4.74 Å². The van der Waals surface area contributed by atoms with E-state index in [0.29, 0.717) is 6.04 Å². The Morgan fingerprint density at radius 3 is 2.79 bits per heavy atom. The SMILES string of the molecule is CC(C)(C)c1cc2c(c([C@H]3CCCN3)c1)COCC2. The Labute approximate surface area is 116 Å². The van der Waals surface area contributed by atoms with E-state index < -0.39 is 0 Å². The summed E-state index contributed by atoms with van der Waals surface area (Å²) in [4.78, 5) is 0. The summed E-state index contributed by atoms with van der Waals surface area (Å²) in [6, 6.07) is 5.38. The lowest BCUT2D eigenvalue weighted by atomic mass is 9.81. The van der Waals surface area contributed by atoms with E-state index in [1.807, 2.05) is 0 Å². The fourth-order valence-corrected chi connectivity index (χ4v) is 3.21. The monoisotopic (exact) mass is 259 g/mol. The average Bonchev–Trinajstić information content (AvgIpc) is 2.90. The lowest BCUT2D eigenvalue weighted by Gasteiger charge is -2.28. The zero-order chi connectivity index (χ0) is 13.5. The fraction of sp³-hybridized carbons (Fsp3) is 0.647. The van der Waals surface area contributed by atoms with Gasteiger partial charge in [0.25, 0.3) is 0 Å². The molecule has 0 amide bonds. The minimum atomic E-state index is 0.223. The normalized spacial score (nSPS) is 23.4. The third kappa shape index (κ3) is 2.56. The molecule has 19 heavy (non-hydrogen) atoms. The van der Waals surface area contributed by atoms with Crippen LogP contribution in [0.4, 0.5) is 0 Å². The fourth-order valence-electron chi connectivity index (χ4n) is 3.21. The summed E-state index contributed by atoms with van der Waals surface area (Å²) in [5.41, 5.74) is 6.17. The first-order chi connectivity index (χ1) is 9.05. The topological polar surface area (TPSA) is 21.3 Å². The van der Waals surface area contributed by atoms with Gasteiger partial charge in [-0.15, -0.1) is 0 Å². The lowest BCUT2D eigenvalue weighted by Crippen LogP contribution is -2.22. The van der Waals surface area contributed by atoms with Crippen LogP contribution in [0.3, 0.4) is 0 Å². The molecule has 2 heterocycles. The second-order valence-electron chi connectivity index (χ2n) is 6.90. The first-order valence-corrected chi connectivity index (χ1v) is 7.53. The van der Waals surface area contributed by atoms with Gasteiger partial charge in [-0.3, -0.25) is 0 Å². The lowest BCUT2D eigenvalue weighted by molar-refractivity contribution is 0.109. The number of ether oxygens (including phenoxy) is 1. The van der Waals surface area contributed by atoms with Crippen molar-refractivity contribution in [2.45, 2.75) is 58.1 Å². The Hall–Kier alpha value is -0.860. The maximum atomic E-state index is 5.69. The second-order valence-corrected chi connectivity index (χ2v) is 6.90. The van der Waals surface area contributed by atoms with Gasteiger partial charge in [0.2, 0.25) is 0 Å². The molecule has 0 unspecified atom stereocenters. The summed E-state index contributed by atoms with van der Waals surface area (Å²) >= 11 is 0. The molecule has 0 saturated carbocycles. The molecule has 1 atom stereocenters. The predicted octanol–water partition coefficient (Wildman–Crippen LogP) is 3.48. The summed E-state index contributed by atoms with van der Waals surface area (Å²) < 4.78 is 5.69. The van der Waals surface area contributed by atoms with Gasteiger partial charge in [0.1, 0.15) is 0 Å². The molecule has 1 fully saturated rings. The Kier molecular flexibility index (Phi) is 3.40. The van der Waals surface area contributed by atoms with Crippen LogP contribution in [0.15, 0.2) is 12.1 Å². The van der Waals surface area contributed by atoms with E-state index in [9.17, 15) is 0 Å². The molecule has 2 nitrogen and oxygen atoms in total. The first kappa shape index (κ1) is 13.1. The number of fused-ring (bicyclic) bond motifs is 1. The zero-order valence-corrected chi connectivity index (χ0v) is 12.4. The Morgan fingerprint density at radius 2 is 2.11 bits per heavy atom. The highest BCUT2D eigenvalue weighted by Gasteiger charge is 2.26. The molecular formula is C17H25NO. The van der Waals surface area contributed by atoms with E-state index in [-0.39, 0.29) is 5.41 Å². The molecule has 0 aromatic heterocycles. The minimum absolute atomic E-state index is 0.223. The molecule has 2 aliphatic heterocycles. The molecule has 0 radical (unpaired) electrons. The zero-order valence-electron chi connectivity index (χ0n) is 12.4. The van der Waals surface area contributed by atoms with Crippen molar-refractivity contribution in [1.29, 1.82) is 0 Å². The largest absolute Gasteiger partial charge is 0.376 e. The predicted molar refractivity (Wildman–Crippen MR) is 78.5 cm³/mol. The van der Waals surface area contributed by atoms with Gasteiger partial charge in [-0.1, -0.05) is 32.9 Å². The molecule has 0 bridgehead atoms. The molecule has 0 aliphatic carbocycles. The van der Waals surface area contributed by atoms with Crippen LogP contribution in [0.5, 0.6) is 0 Å². The van der Waals surface area contributed by atoms with Crippen LogP contribution < -0.4 is 5.32 Å². The molecule has 2 heteroatoms. The van der Waals surface area contributed by atoms with Crippen LogP contribution in [-0.2, 0) is 23.2 Å². The maximum absolute atomic E-state index is 5.69. The Bertz CT molecular complexity index is 467. The highest BCUT2D eigenvalue weighted by molar-refractivity contribution is 5.44. The summed E-state index contributed by atoms with van der Waals surface area (Å²) in [7, 11) is 0. The number of nitrogens with one attached hydrogen (secondary N) is 1. The van der Waals surface area contributed by atoms with Crippen molar-refractivity contribution in [3.63, 3.8) is 0 Å². The van der Waals surface area contributed by atoms with Crippen molar-refractivity contribution >= 4 is 0 Å². The van der Waals surface area contributed by atoms with Crippen LogP contribution in [0.25, 0.3) is 0 Å². The third-order valence-corrected chi connectivity index (χ3v) is 4.44. The third-order valence-electron chi connectivity index (χ3n) is 4.44. The van der Waals surface area contributed by atoms with Crippen LogP contribution in [0, 0.1) is 0 Å². The number of rotatable bonds is 1. The molecule has 3 rings (SSSR count). The van der Waals surface area contributed by atoms with E-state index in [1.54, 1.807) is 0 Å². The van der Waals surface area contributed by atoms with Crippen molar-refractivity contribution in [3.8, 4) is 0 Å². The van der Waals surface area contributed by atoms with E-state index in [1.165, 1.54) is 35.1 Å². The van der Waals surface area contributed by atoms with Crippen molar-refractivity contribution in [1.82, 2.24) is 5.32 Å². The van der Waals surface area contributed by atoms with Crippen molar-refractivity contribution in [2.24, 2.45) is 0 Å².